The number of hydrogen-bond acceptors (Lipinski definition) is 4. The van der Waals surface area contributed by atoms with Crippen molar-refractivity contribution in [2.24, 2.45) is 5.73 Å². The van der Waals surface area contributed by atoms with Gasteiger partial charge in [-0.2, -0.15) is 0 Å². The number of esters is 1. The second-order valence-electron chi connectivity index (χ2n) is 7.73. The van der Waals surface area contributed by atoms with Crippen LogP contribution < -0.4 is 5.73 Å². The molecule has 6 heteroatoms. The molecule has 0 amide bonds. The minimum Gasteiger partial charge on any atom is -0.480 e. The molecule has 0 fully saturated rings. The van der Waals surface area contributed by atoms with Crippen LogP contribution in [0.2, 0.25) is 0 Å². The molecule has 3 aromatic carbocycles. The lowest BCUT2D eigenvalue weighted by molar-refractivity contribution is -0.163. The van der Waals surface area contributed by atoms with Crippen molar-refractivity contribution >= 4 is 27.9 Å². The van der Waals surface area contributed by atoms with Gasteiger partial charge in [0.2, 0.25) is 5.41 Å². The molecule has 5 nitrogen and oxygen atoms in total. The minimum absolute atomic E-state index is 0.0329. The van der Waals surface area contributed by atoms with Crippen molar-refractivity contribution in [1.82, 2.24) is 0 Å². The van der Waals surface area contributed by atoms with Gasteiger partial charge in [0.05, 0.1) is 0 Å². The molecule has 0 saturated carbocycles. The van der Waals surface area contributed by atoms with Gasteiger partial charge in [-0.25, -0.2) is 0 Å². The molecule has 0 radical (unpaired) electrons. The number of aliphatic carboxylic acids is 1. The Morgan fingerprint density at radius 3 is 2.00 bits per heavy atom. The molecule has 0 saturated heterocycles. The minimum atomic E-state index is -2.00. The van der Waals surface area contributed by atoms with E-state index in [9.17, 15) is 14.7 Å². The average molecular weight is 480 g/mol. The molecule has 0 heterocycles. The van der Waals surface area contributed by atoms with Crippen molar-refractivity contribution in [2.45, 2.75) is 24.3 Å². The molecule has 1 aliphatic rings. The van der Waals surface area contributed by atoms with E-state index in [1.807, 2.05) is 48.5 Å². The third kappa shape index (κ3) is 3.46. The summed E-state index contributed by atoms with van der Waals surface area (Å²) in [6, 6.07) is 21.5. The van der Waals surface area contributed by atoms with E-state index in [1.165, 1.54) is 6.92 Å². The van der Waals surface area contributed by atoms with E-state index in [4.69, 9.17) is 10.5 Å². The fourth-order valence-electron chi connectivity index (χ4n) is 4.40. The molecular weight excluding hydrogens is 458 g/mol. The van der Waals surface area contributed by atoms with E-state index in [-0.39, 0.29) is 18.1 Å². The molecule has 3 N–H and O–H groups in total. The third-order valence-electron chi connectivity index (χ3n) is 5.99. The Morgan fingerprint density at radius 2 is 1.52 bits per heavy atom. The highest BCUT2D eigenvalue weighted by atomic mass is 79.9. The van der Waals surface area contributed by atoms with Gasteiger partial charge in [-0.05, 0) is 46.9 Å². The number of nitrogens with two attached hydrogens (primary N) is 1. The van der Waals surface area contributed by atoms with Crippen LogP contribution in [0.4, 0.5) is 0 Å². The number of halogens is 1. The lowest BCUT2D eigenvalue weighted by Gasteiger charge is -2.31. The Labute approximate surface area is 189 Å². The van der Waals surface area contributed by atoms with Gasteiger partial charge in [-0.3, -0.25) is 9.59 Å². The predicted octanol–water partition coefficient (Wildman–Crippen LogP) is 4.47. The number of benzene rings is 3. The van der Waals surface area contributed by atoms with E-state index < -0.39 is 23.4 Å². The maximum atomic E-state index is 13.3. The van der Waals surface area contributed by atoms with Crippen LogP contribution in [0.1, 0.15) is 29.5 Å². The van der Waals surface area contributed by atoms with Crippen LogP contribution in [0, 0.1) is 0 Å². The van der Waals surface area contributed by atoms with Crippen molar-refractivity contribution < 1.29 is 19.4 Å². The maximum Gasteiger partial charge on any atom is 0.329 e. The Bertz CT molecular complexity index is 1100. The summed E-state index contributed by atoms with van der Waals surface area (Å²) in [5, 5.41) is 10.1. The molecule has 158 valence electrons. The molecular formula is C25H22BrNO4. The number of carbonyl (C=O) groups is 2. The molecule has 0 aromatic heterocycles. The van der Waals surface area contributed by atoms with Gasteiger partial charge < -0.3 is 15.6 Å². The standard InChI is InChI=1S/C25H22BrNO4/c1-15(27)25(23(28)29,16-10-12-17(26)13-11-16)24(30)31-14-22-20-8-4-2-6-18(20)19-7-3-5-9-21(19)22/h2-13,15,22H,14,27H2,1H3,(H,28,29)/t15?,25-/m0/s1. The van der Waals surface area contributed by atoms with Gasteiger partial charge in [0.1, 0.15) is 6.61 Å². The van der Waals surface area contributed by atoms with Gasteiger partial charge in [0, 0.05) is 16.4 Å². The van der Waals surface area contributed by atoms with Crippen LogP contribution >= 0.6 is 15.9 Å². The number of fused-ring (bicyclic) bond motifs is 3. The van der Waals surface area contributed by atoms with E-state index in [1.54, 1.807) is 24.3 Å². The van der Waals surface area contributed by atoms with Crippen LogP contribution in [-0.2, 0) is 19.7 Å². The van der Waals surface area contributed by atoms with Crippen LogP contribution in [0.5, 0.6) is 0 Å². The first kappa shape index (κ1) is 21.3. The second kappa shape index (κ2) is 8.29. The lowest BCUT2D eigenvalue weighted by Crippen LogP contribution is -2.56. The number of carboxylic acid groups (broad SMARTS) is 1. The number of carbonyl (C=O) groups excluding carboxylic acids is 1. The second-order valence-corrected chi connectivity index (χ2v) is 8.65. The molecule has 0 aliphatic heterocycles. The topological polar surface area (TPSA) is 89.6 Å². The van der Waals surface area contributed by atoms with Gasteiger partial charge in [-0.15, -0.1) is 0 Å². The number of rotatable bonds is 6. The maximum absolute atomic E-state index is 13.3. The Morgan fingerprint density at radius 1 is 1.00 bits per heavy atom. The van der Waals surface area contributed by atoms with Crippen LogP contribution in [-0.4, -0.2) is 29.7 Å². The highest BCUT2D eigenvalue weighted by Crippen LogP contribution is 2.45. The zero-order valence-electron chi connectivity index (χ0n) is 16.9. The molecule has 2 atom stereocenters. The van der Waals surface area contributed by atoms with Crippen molar-refractivity contribution in [3.05, 3.63) is 94.0 Å². The monoisotopic (exact) mass is 479 g/mol. The summed E-state index contributed by atoms with van der Waals surface area (Å²) < 4.78 is 6.47. The van der Waals surface area contributed by atoms with Gasteiger partial charge in [0.25, 0.3) is 0 Å². The first-order valence-corrected chi connectivity index (χ1v) is 10.8. The molecule has 31 heavy (non-hydrogen) atoms. The number of carboxylic acids is 1. The summed E-state index contributed by atoms with van der Waals surface area (Å²) in [4.78, 5) is 25.7. The van der Waals surface area contributed by atoms with Crippen LogP contribution in [0.25, 0.3) is 11.1 Å². The average Bonchev–Trinajstić information content (AvgIpc) is 3.07. The summed E-state index contributed by atoms with van der Waals surface area (Å²) in [6.07, 6.45) is 0. The number of ether oxygens (including phenoxy) is 1. The Hall–Kier alpha value is -2.96. The summed E-state index contributed by atoms with van der Waals surface area (Å²) in [5.41, 5.74) is 8.69. The quantitative estimate of drug-likeness (QED) is 0.401. The summed E-state index contributed by atoms with van der Waals surface area (Å²) in [5.74, 6) is -2.36. The fraction of sp³-hybridized carbons (Fsp3) is 0.200. The third-order valence-corrected chi connectivity index (χ3v) is 6.51. The number of hydrogen-bond donors (Lipinski definition) is 2. The van der Waals surface area contributed by atoms with Gasteiger partial charge in [-0.1, -0.05) is 76.6 Å². The van der Waals surface area contributed by atoms with Crippen LogP contribution in [0.15, 0.2) is 77.3 Å². The smallest absolute Gasteiger partial charge is 0.329 e. The normalized spacial score (nSPS) is 15.5. The first-order valence-electron chi connectivity index (χ1n) is 9.97. The van der Waals surface area contributed by atoms with Gasteiger partial charge in [0.15, 0.2) is 0 Å². The van der Waals surface area contributed by atoms with E-state index >= 15 is 0 Å². The van der Waals surface area contributed by atoms with E-state index in [2.05, 4.69) is 15.9 Å². The van der Waals surface area contributed by atoms with Gasteiger partial charge >= 0.3 is 11.9 Å². The molecule has 3 aromatic rings. The summed E-state index contributed by atoms with van der Waals surface area (Å²) in [6.45, 7) is 1.54. The molecule has 1 unspecified atom stereocenters. The zero-order valence-corrected chi connectivity index (χ0v) is 18.5. The fourth-order valence-corrected chi connectivity index (χ4v) is 4.66. The highest BCUT2D eigenvalue weighted by molar-refractivity contribution is 9.10. The first-order chi connectivity index (χ1) is 14.9. The SMILES string of the molecule is CC(N)[C@](C(=O)O)(C(=O)OCC1c2ccccc2-c2ccccc21)c1ccc(Br)cc1. The molecule has 0 spiro atoms. The molecule has 1 aliphatic carbocycles. The van der Waals surface area contributed by atoms with Crippen molar-refractivity contribution in [2.75, 3.05) is 6.61 Å². The molecule has 4 rings (SSSR count). The highest BCUT2D eigenvalue weighted by Gasteiger charge is 2.53. The zero-order chi connectivity index (χ0) is 22.2. The lowest BCUT2D eigenvalue weighted by atomic mass is 9.75. The predicted molar refractivity (Wildman–Crippen MR) is 122 cm³/mol. The summed E-state index contributed by atoms with van der Waals surface area (Å²) in [7, 11) is 0. The van der Waals surface area contributed by atoms with Crippen LogP contribution in [0.3, 0.4) is 0 Å². The van der Waals surface area contributed by atoms with Crippen molar-refractivity contribution in [3.8, 4) is 11.1 Å². The van der Waals surface area contributed by atoms with E-state index in [0.717, 1.165) is 26.7 Å². The summed E-state index contributed by atoms with van der Waals surface area (Å²) >= 11 is 3.33. The Kier molecular flexibility index (Phi) is 5.69. The largest absolute Gasteiger partial charge is 0.480 e. The van der Waals surface area contributed by atoms with E-state index in [0.29, 0.717) is 0 Å². The van der Waals surface area contributed by atoms with Crippen molar-refractivity contribution in [3.63, 3.8) is 0 Å². The van der Waals surface area contributed by atoms with Crippen molar-refractivity contribution in [1.29, 1.82) is 0 Å². The molecule has 0 bridgehead atoms. The Balaban J connectivity index is 1.68.